The average molecular weight is 523 g/mol. The molecule has 0 heterocycles. The Morgan fingerprint density at radius 1 is 1.24 bits per heavy atom. The van der Waals surface area contributed by atoms with Gasteiger partial charge in [-0.2, -0.15) is 0 Å². The van der Waals surface area contributed by atoms with Crippen LogP contribution in [0.5, 0.6) is 0 Å². The molecular formula is C18H28BrIN4O. The lowest BCUT2D eigenvalue weighted by Crippen LogP contribution is -2.44. The summed E-state index contributed by atoms with van der Waals surface area (Å²) in [6.45, 7) is 5.89. The molecule has 5 nitrogen and oxygen atoms in total. The summed E-state index contributed by atoms with van der Waals surface area (Å²) in [5, 5.41) is 9.54. The van der Waals surface area contributed by atoms with Crippen molar-refractivity contribution in [2.45, 2.75) is 32.1 Å². The zero-order valence-corrected chi connectivity index (χ0v) is 19.0. The first kappa shape index (κ1) is 22.2. The first-order valence-corrected chi connectivity index (χ1v) is 9.24. The number of benzene rings is 1. The van der Waals surface area contributed by atoms with Gasteiger partial charge < -0.3 is 16.0 Å². The summed E-state index contributed by atoms with van der Waals surface area (Å²) in [5.41, 5.74) is 1.58. The van der Waals surface area contributed by atoms with E-state index in [9.17, 15) is 4.79 Å². The molecule has 0 aliphatic heterocycles. The van der Waals surface area contributed by atoms with Crippen LogP contribution in [-0.4, -0.2) is 38.5 Å². The molecule has 1 aromatic rings. The molecule has 1 aromatic carbocycles. The van der Waals surface area contributed by atoms with Crippen LogP contribution in [0.2, 0.25) is 0 Å². The van der Waals surface area contributed by atoms with Gasteiger partial charge >= 0.3 is 0 Å². The quantitative estimate of drug-likeness (QED) is 0.223. The Morgan fingerprint density at radius 3 is 2.48 bits per heavy atom. The van der Waals surface area contributed by atoms with Gasteiger partial charge in [-0.15, -0.1) is 24.0 Å². The smallest absolute Gasteiger partial charge is 0.222 e. The normalized spacial score (nSPS) is 15.3. The van der Waals surface area contributed by atoms with Gasteiger partial charge in [0.1, 0.15) is 0 Å². The van der Waals surface area contributed by atoms with Crippen LogP contribution in [0, 0.1) is 5.92 Å². The fourth-order valence-corrected chi connectivity index (χ4v) is 2.98. The highest BCUT2D eigenvalue weighted by Crippen LogP contribution is 2.48. The first-order valence-electron chi connectivity index (χ1n) is 8.45. The lowest BCUT2D eigenvalue weighted by Gasteiger charge is -2.19. The van der Waals surface area contributed by atoms with E-state index in [1.807, 2.05) is 13.8 Å². The molecule has 3 N–H and O–H groups in total. The molecule has 0 atom stereocenters. The van der Waals surface area contributed by atoms with E-state index in [2.05, 4.69) is 61.1 Å². The summed E-state index contributed by atoms with van der Waals surface area (Å²) >= 11 is 3.55. The van der Waals surface area contributed by atoms with Gasteiger partial charge in [0, 0.05) is 42.5 Å². The van der Waals surface area contributed by atoms with Gasteiger partial charge in [-0.25, -0.2) is 0 Å². The van der Waals surface area contributed by atoms with Crippen LogP contribution >= 0.6 is 39.9 Å². The van der Waals surface area contributed by atoms with Crippen molar-refractivity contribution >= 4 is 51.8 Å². The molecule has 7 heteroatoms. The molecule has 140 valence electrons. The lowest BCUT2D eigenvalue weighted by atomic mass is 9.96. The van der Waals surface area contributed by atoms with Crippen LogP contribution in [0.1, 0.15) is 32.3 Å². The van der Waals surface area contributed by atoms with E-state index in [0.29, 0.717) is 13.1 Å². The zero-order chi connectivity index (χ0) is 17.6. The van der Waals surface area contributed by atoms with Gasteiger partial charge in [0.15, 0.2) is 5.96 Å². The number of rotatable bonds is 7. The second-order valence-corrected chi connectivity index (χ2v) is 7.50. The third-order valence-corrected chi connectivity index (χ3v) is 4.84. The fourth-order valence-electron chi connectivity index (χ4n) is 2.58. The van der Waals surface area contributed by atoms with Crippen LogP contribution in [-0.2, 0) is 10.2 Å². The number of amides is 1. The summed E-state index contributed by atoms with van der Waals surface area (Å²) in [5.74, 6) is 0.865. The summed E-state index contributed by atoms with van der Waals surface area (Å²) in [6.07, 6.45) is 2.38. The Labute approximate surface area is 176 Å². The molecule has 1 amide bonds. The number of aliphatic imine (C=N–C) groups is 1. The second-order valence-electron chi connectivity index (χ2n) is 6.59. The Balaban J connectivity index is 0.00000312. The Kier molecular flexibility index (Phi) is 9.20. The third kappa shape index (κ3) is 6.77. The number of hydrogen-bond acceptors (Lipinski definition) is 2. The van der Waals surface area contributed by atoms with Crippen LogP contribution in [0.25, 0.3) is 0 Å². The van der Waals surface area contributed by atoms with E-state index in [-0.39, 0.29) is 41.2 Å². The topological polar surface area (TPSA) is 65.5 Å². The predicted octanol–water partition coefficient (Wildman–Crippen LogP) is 3.04. The monoisotopic (exact) mass is 522 g/mol. The first-order chi connectivity index (χ1) is 11.5. The maximum atomic E-state index is 11.5. The van der Waals surface area contributed by atoms with Gasteiger partial charge in [-0.05, 0) is 30.5 Å². The van der Waals surface area contributed by atoms with Gasteiger partial charge in [-0.3, -0.25) is 9.79 Å². The summed E-state index contributed by atoms with van der Waals surface area (Å²) in [7, 11) is 1.76. The highest BCUT2D eigenvalue weighted by atomic mass is 127. The molecule has 0 bridgehead atoms. The van der Waals surface area contributed by atoms with Crippen molar-refractivity contribution in [2.24, 2.45) is 10.9 Å². The number of carbonyl (C=O) groups is 1. The SMILES string of the molecule is CN=C(NCCNC(=O)C(C)C)NCC1(c2cccc(Br)c2)CC1.I. The van der Waals surface area contributed by atoms with E-state index >= 15 is 0 Å². The molecule has 0 aromatic heterocycles. The minimum atomic E-state index is 0. The maximum Gasteiger partial charge on any atom is 0.222 e. The molecule has 0 saturated heterocycles. The molecule has 0 unspecified atom stereocenters. The van der Waals surface area contributed by atoms with Crippen molar-refractivity contribution in [3.63, 3.8) is 0 Å². The van der Waals surface area contributed by atoms with E-state index in [0.717, 1.165) is 17.0 Å². The Morgan fingerprint density at radius 2 is 1.92 bits per heavy atom. The van der Waals surface area contributed by atoms with Gasteiger partial charge in [0.2, 0.25) is 5.91 Å². The predicted molar refractivity (Wildman–Crippen MR) is 118 cm³/mol. The van der Waals surface area contributed by atoms with Gasteiger partial charge in [0.25, 0.3) is 0 Å². The number of carbonyl (C=O) groups excluding carboxylic acids is 1. The van der Waals surface area contributed by atoms with E-state index < -0.39 is 0 Å². The van der Waals surface area contributed by atoms with E-state index in [4.69, 9.17) is 0 Å². The molecule has 1 fully saturated rings. The molecule has 2 rings (SSSR count). The molecule has 25 heavy (non-hydrogen) atoms. The van der Waals surface area contributed by atoms with Crippen LogP contribution < -0.4 is 16.0 Å². The molecule has 0 spiro atoms. The standard InChI is InChI=1S/C18H27BrN4O.HI/c1-13(2)16(24)21-9-10-22-17(20-3)23-12-18(7-8-18)14-5-4-6-15(19)11-14;/h4-6,11,13H,7-10,12H2,1-3H3,(H,21,24)(H2,20,22,23);1H. The zero-order valence-electron chi connectivity index (χ0n) is 15.1. The van der Waals surface area contributed by atoms with Crippen molar-refractivity contribution in [1.82, 2.24) is 16.0 Å². The van der Waals surface area contributed by atoms with Crippen molar-refractivity contribution in [2.75, 3.05) is 26.7 Å². The maximum absolute atomic E-state index is 11.5. The van der Waals surface area contributed by atoms with Gasteiger partial charge in [-0.1, -0.05) is 41.9 Å². The number of halogens is 2. The third-order valence-electron chi connectivity index (χ3n) is 4.35. The highest BCUT2D eigenvalue weighted by Gasteiger charge is 2.44. The highest BCUT2D eigenvalue weighted by molar-refractivity contribution is 14.0. The van der Waals surface area contributed by atoms with E-state index in [1.165, 1.54) is 18.4 Å². The summed E-state index contributed by atoms with van der Waals surface area (Å²) < 4.78 is 1.12. The largest absolute Gasteiger partial charge is 0.356 e. The van der Waals surface area contributed by atoms with Crippen LogP contribution in [0.15, 0.2) is 33.7 Å². The molecule has 0 radical (unpaired) electrons. The second kappa shape index (κ2) is 10.4. The fraction of sp³-hybridized carbons (Fsp3) is 0.556. The van der Waals surface area contributed by atoms with Gasteiger partial charge in [0.05, 0.1) is 0 Å². The minimum Gasteiger partial charge on any atom is -0.356 e. The van der Waals surface area contributed by atoms with Crippen molar-refractivity contribution in [3.05, 3.63) is 34.3 Å². The Hall–Kier alpha value is -0.830. The van der Waals surface area contributed by atoms with Crippen LogP contribution in [0.3, 0.4) is 0 Å². The molecule has 1 saturated carbocycles. The lowest BCUT2D eigenvalue weighted by molar-refractivity contribution is -0.123. The summed E-state index contributed by atoms with van der Waals surface area (Å²) in [4.78, 5) is 15.8. The van der Waals surface area contributed by atoms with Crippen molar-refractivity contribution < 1.29 is 4.79 Å². The summed E-state index contributed by atoms with van der Waals surface area (Å²) in [6, 6.07) is 8.53. The Bertz CT molecular complexity index is 602. The molecule has 1 aliphatic carbocycles. The number of nitrogens with zero attached hydrogens (tertiary/aromatic N) is 1. The number of hydrogen-bond donors (Lipinski definition) is 3. The molecular weight excluding hydrogens is 495 g/mol. The number of nitrogens with one attached hydrogen (secondary N) is 3. The average Bonchev–Trinajstić information content (AvgIpc) is 3.35. The number of guanidine groups is 1. The van der Waals surface area contributed by atoms with Crippen LogP contribution in [0.4, 0.5) is 0 Å². The van der Waals surface area contributed by atoms with Crippen molar-refractivity contribution in [1.29, 1.82) is 0 Å². The minimum absolute atomic E-state index is 0. The molecule has 1 aliphatic rings. The van der Waals surface area contributed by atoms with E-state index in [1.54, 1.807) is 7.05 Å². The van der Waals surface area contributed by atoms with Crippen molar-refractivity contribution in [3.8, 4) is 0 Å².